The summed E-state index contributed by atoms with van der Waals surface area (Å²) in [7, 11) is 17.6. The molecule has 0 heterocycles. The molecule has 6 rings (SSSR count). The third-order valence-corrected chi connectivity index (χ3v) is 64.7. The molecule has 0 N–H and O–H groups in total. The van der Waals surface area contributed by atoms with Gasteiger partial charge in [0.2, 0.25) is 0 Å². The number of hydrogen-bond donors (Lipinski definition) is 0. The first-order chi connectivity index (χ1) is 24.4. The Balaban J connectivity index is 1.54. The molecule has 0 saturated heterocycles. The fraction of sp³-hybridized carbons (Fsp3) is 0.404. The molecule has 269 valence electrons. The van der Waals surface area contributed by atoms with Crippen LogP contribution in [0.1, 0.15) is 133 Å². The minimum absolute atomic E-state index is 0.0988. The van der Waals surface area contributed by atoms with E-state index in [0.29, 0.717) is 17.8 Å². The van der Waals surface area contributed by atoms with Gasteiger partial charge in [-0.3, -0.25) is 0 Å². The summed E-state index contributed by atoms with van der Waals surface area (Å²) in [6, 6.07) is 32.5. The van der Waals surface area contributed by atoms with Crippen LogP contribution < -0.4 is 0 Å². The van der Waals surface area contributed by atoms with E-state index in [2.05, 4.69) is 159 Å². The molecule has 0 aromatic heterocycles. The molecule has 0 nitrogen and oxygen atoms in total. The average Bonchev–Trinajstić information content (AvgIpc) is 3.75. The second-order valence-corrected chi connectivity index (χ2v) is 58.6. The Morgan fingerprint density at radius 1 is 0.608 bits per heavy atom. The van der Waals surface area contributed by atoms with Gasteiger partial charge < -0.3 is 0 Å². The van der Waals surface area contributed by atoms with Gasteiger partial charge >= 0.3 is 321 Å². The van der Waals surface area contributed by atoms with Crippen molar-refractivity contribution >= 4 is 35.1 Å². The van der Waals surface area contributed by atoms with Gasteiger partial charge in [-0.05, 0) is 0 Å². The topological polar surface area (TPSA) is 0 Å². The van der Waals surface area contributed by atoms with E-state index < -0.39 is 21.5 Å². The van der Waals surface area contributed by atoms with Crippen LogP contribution in [0, 0.1) is 5.92 Å². The zero-order chi connectivity index (χ0) is 36.7. The van der Waals surface area contributed by atoms with E-state index in [4.69, 9.17) is 17.0 Å². The summed E-state index contributed by atoms with van der Waals surface area (Å²) in [6.45, 7) is 21.2. The Bertz CT molecular complexity index is 1930. The maximum atomic E-state index is 8.81. The molecule has 0 spiro atoms. The van der Waals surface area contributed by atoms with Crippen LogP contribution in [-0.4, -0.2) is 5.92 Å². The molecule has 2 aliphatic rings. The van der Waals surface area contributed by atoms with Gasteiger partial charge in [-0.2, -0.15) is 0 Å². The van der Waals surface area contributed by atoms with Crippen molar-refractivity contribution in [1.82, 2.24) is 0 Å². The SMILES string of the molecule is CCCC(C)C1=Cc2c(-c3ccc(C(C)CC)cc3)cccc2[CH]1[Zr]([Cl])([Cl])([CH]1C(CC)=Cc2c(-c3ccc(C(C)CC)cc3)cccc21)[SiH](C)C. The van der Waals surface area contributed by atoms with Gasteiger partial charge in [0, 0.05) is 0 Å². The van der Waals surface area contributed by atoms with Crippen LogP contribution >= 0.6 is 17.0 Å². The van der Waals surface area contributed by atoms with Gasteiger partial charge in [-0.15, -0.1) is 0 Å². The Morgan fingerprint density at radius 2 is 1.08 bits per heavy atom. The molecule has 0 aliphatic heterocycles. The molecule has 0 radical (unpaired) electrons. The molecule has 0 amide bonds. The van der Waals surface area contributed by atoms with Gasteiger partial charge in [0.25, 0.3) is 0 Å². The number of fused-ring (bicyclic) bond motifs is 2. The molecular formula is C47H59Cl2SiZr. The van der Waals surface area contributed by atoms with E-state index in [1.54, 1.807) is 0 Å². The summed E-state index contributed by atoms with van der Waals surface area (Å²) >= 11 is -4.89. The van der Waals surface area contributed by atoms with Crippen molar-refractivity contribution in [3.63, 3.8) is 0 Å². The Labute approximate surface area is 318 Å². The molecule has 51 heavy (non-hydrogen) atoms. The number of halogens is 2. The molecule has 0 fully saturated rings. The summed E-state index contributed by atoms with van der Waals surface area (Å²) in [6.07, 6.45) is 10.6. The summed E-state index contributed by atoms with van der Waals surface area (Å²) in [4.78, 5) is 0. The zero-order valence-corrected chi connectivity index (χ0v) is 37.6. The molecule has 0 bridgehead atoms. The number of hydrogen-bond acceptors (Lipinski definition) is 0. The molecule has 0 saturated carbocycles. The Hall–Kier alpha value is -1.96. The first kappa shape index (κ1) is 38.8. The van der Waals surface area contributed by atoms with Gasteiger partial charge in [-0.1, -0.05) is 0 Å². The zero-order valence-electron chi connectivity index (χ0n) is 32.5. The first-order valence-electron chi connectivity index (χ1n) is 19.8. The van der Waals surface area contributed by atoms with E-state index in [9.17, 15) is 0 Å². The van der Waals surface area contributed by atoms with Crippen molar-refractivity contribution in [2.75, 3.05) is 0 Å². The standard InChI is InChI=1S/C24H29.C21H23.C2H7Si.2ClH.Zr/c1-5-8-18(4)22-15-21-9-7-10-23(24(21)16-22)20-13-11-19(12-14-20)17(3)6-2;1-4-15(3)17-9-11-18(12-10-17)20-8-6-7-19-13-16(5-2)14-21(19)20;1-3-2;;;/h7,9-18H,5-6,8H2,1-4H3;6-15H,4-5H2,1-3H3;3H,1-2H3;2*1H;/q;;;;;+2/p-2. The van der Waals surface area contributed by atoms with E-state index in [-0.39, 0.29) is 7.25 Å². The quantitative estimate of drug-likeness (QED) is 0.118. The van der Waals surface area contributed by atoms with Crippen molar-refractivity contribution in [1.29, 1.82) is 0 Å². The van der Waals surface area contributed by atoms with Gasteiger partial charge in [0.05, 0.1) is 0 Å². The van der Waals surface area contributed by atoms with Crippen molar-refractivity contribution in [2.24, 2.45) is 5.92 Å². The van der Waals surface area contributed by atoms with Crippen LogP contribution in [-0.2, 0) is 15.6 Å². The molecule has 4 aromatic rings. The van der Waals surface area contributed by atoms with E-state index in [0.717, 1.165) is 32.1 Å². The Morgan fingerprint density at radius 3 is 1.51 bits per heavy atom. The van der Waals surface area contributed by atoms with Crippen molar-refractivity contribution in [2.45, 2.75) is 113 Å². The number of allylic oxidation sites excluding steroid dienone is 2. The summed E-state index contributed by atoms with van der Waals surface area (Å²) < 4.78 is 0.203. The summed E-state index contributed by atoms with van der Waals surface area (Å²) in [5.74, 6) is -0.122. The average molecular weight is 814 g/mol. The monoisotopic (exact) mass is 811 g/mol. The number of rotatable bonds is 13. The number of benzene rings is 4. The molecule has 4 aromatic carbocycles. The normalized spacial score (nSPS) is 19.5. The predicted octanol–water partition coefficient (Wildman–Crippen LogP) is 15.5. The first-order valence-corrected chi connectivity index (χ1v) is 36.2. The van der Waals surface area contributed by atoms with Gasteiger partial charge in [0.15, 0.2) is 0 Å². The van der Waals surface area contributed by atoms with Crippen LogP contribution in [0.2, 0.25) is 13.1 Å². The predicted molar refractivity (Wildman–Crippen MR) is 228 cm³/mol. The van der Waals surface area contributed by atoms with E-state index in [1.165, 1.54) is 66.8 Å². The second-order valence-electron chi connectivity index (χ2n) is 16.1. The van der Waals surface area contributed by atoms with E-state index >= 15 is 0 Å². The molecule has 5 unspecified atom stereocenters. The molecule has 2 aliphatic carbocycles. The van der Waals surface area contributed by atoms with Crippen LogP contribution in [0.25, 0.3) is 34.4 Å². The summed E-state index contributed by atoms with van der Waals surface area (Å²) in [5, 5.41) is 0. The second kappa shape index (κ2) is 15.4. The van der Waals surface area contributed by atoms with Crippen molar-refractivity contribution in [3.05, 3.63) is 129 Å². The van der Waals surface area contributed by atoms with Crippen LogP contribution in [0.5, 0.6) is 0 Å². The fourth-order valence-corrected chi connectivity index (χ4v) is 40.8. The summed E-state index contributed by atoms with van der Waals surface area (Å²) in [5.41, 5.74) is 16.4. The third kappa shape index (κ3) is 6.73. The van der Waals surface area contributed by atoms with Gasteiger partial charge in [0.1, 0.15) is 0 Å². The minimum atomic E-state index is -4.89. The van der Waals surface area contributed by atoms with E-state index in [1.807, 2.05) is 0 Å². The van der Waals surface area contributed by atoms with Crippen LogP contribution in [0.4, 0.5) is 0 Å². The van der Waals surface area contributed by atoms with Crippen LogP contribution in [0.15, 0.2) is 96.1 Å². The molecular weight excluding hydrogens is 755 g/mol. The van der Waals surface area contributed by atoms with Crippen molar-refractivity contribution < 1.29 is 15.6 Å². The van der Waals surface area contributed by atoms with Crippen molar-refractivity contribution in [3.8, 4) is 22.3 Å². The third-order valence-electron chi connectivity index (χ3n) is 13.0. The van der Waals surface area contributed by atoms with Crippen LogP contribution in [0.3, 0.4) is 0 Å². The molecule has 5 atom stereocenters. The fourth-order valence-electron chi connectivity index (χ4n) is 9.28. The van der Waals surface area contributed by atoms with Gasteiger partial charge in [-0.25, -0.2) is 0 Å². The Kier molecular flexibility index (Phi) is 11.7. The molecule has 4 heteroatoms. The maximum absolute atomic E-state index is 8.81.